The van der Waals surface area contributed by atoms with Gasteiger partial charge in [0.15, 0.2) is 0 Å². The van der Waals surface area contributed by atoms with Gasteiger partial charge in [0, 0.05) is 13.1 Å². The first kappa shape index (κ1) is 18.9. The van der Waals surface area contributed by atoms with Gasteiger partial charge in [-0.25, -0.2) is 12.7 Å². The summed E-state index contributed by atoms with van der Waals surface area (Å²) in [6.45, 7) is 8.54. The average molecular weight is 353 g/mol. The van der Waals surface area contributed by atoms with Gasteiger partial charge in [-0.15, -0.1) is 0 Å². The Morgan fingerprint density at radius 3 is 2.67 bits per heavy atom. The SMILES string of the molecule is CCS(=O)(=O)N1CCC[C@@H](C(=O)N[C@@H](C)c2ccc(C)c(C)c2)C1. The van der Waals surface area contributed by atoms with E-state index in [1.54, 1.807) is 6.92 Å². The van der Waals surface area contributed by atoms with Gasteiger partial charge in [-0.1, -0.05) is 18.2 Å². The summed E-state index contributed by atoms with van der Waals surface area (Å²) in [6.07, 6.45) is 1.47. The normalized spacial score (nSPS) is 20.6. The molecule has 0 aliphatic carbocycles. The van der Waals surface area contributed by atoms with E-state index in [9.17, 15) is 13.2 Å². The molecular formula is C18H28N2O3S. The first-order chi connectivity index (χ1) is 11.2. The molecule has 1 aliphatic rings. The third-order valence-corrected chi connectivity index (χ3v) is 6.75. The number of nitrogens with zero attached hydrogens (tertiary/aromatic N) is 1. The van der Waals surface area contributed by atoms with Crippen molar-refractivity contribution in [2.75, 3.05) is 18.8 Å². The Labute approximate surface area is 145 Å². The summed E-state index contributed by atoms with van der Waals surface area (Å²) in [7, 11) is -3.23. The van der Waals surface area contributed by atoms with Gasteiger partial charge < -0.3 is 5.32 Å². The van der Waals surface area contributed by atoms with Crippen molar-refractivity contribution in [1.29, 1.82) is 0 Å². The minimum Gasteiger partial charge on any atom is -0.349 e. The van der Waals surface area contributed by atoms with Crippen molar-refractivity contribution >= 4 is 15.9 Å². The summed E-state index contributed by atoms with van der Waals surface area (Å²) in [4.78, 5) is 12.6. The molecule has 1 aliphatic heterocycles. The largest absolute Gasteiger partial charge is 0.349 e. The summed E-state index contributed by atoms with van der Waals surface area (Å²) < 4.78 is 25.5. The van der Waals surface area contributed by atoms with Crippen molar-refractivity contribution in [1.82, 2.24) is 9.62 Å². The second kappa shape index (κ2) is 7.66. The summed E-state index contributed by atoms with van der Waals surface area (Å²) in [5.41, 5.74) is 3.50. The van der Waals surface area contributed by atoms with E-state index in [4.69, 9.17) is 0 Å². The van der Waals surface area contributed by atoms with E-state index in [0.29, 0.717) is 13.1 Å². The highest BCUT2D eigenvalue weighted by Crippen LogP contribution is 2.22. The first-order valence-electron chi connectivity index (χ1n) is 8.60. The Kier molecular flexibility index (Phi) is 6.04. The van der Waals surface area contributed by atoms with E-state index in [-0.39, 0.29) is 23.6 Å². The second-order valence-electron chi connectivity index (χ2n) is 6.67. The third kappa shape index (κ3) is 4.36. The number of carbonyl (C=O) groups excluding carboxylic acids is 1. The van der Waals surface area contributed by atoms with Crippen LogP contribution >= 0.6 is 0 Å². The van der Waals surface area contributed by atoms with E-state index in [2.05, 4.69) is 31.3 Å². The molecule has 1 aromatic carbocycles. The van der Waals surface area contributed by atoms with E-state index >= 15 is 0 Å². The van der Waals surface area contributed by atoms with Crippen molar-refractivity contribution < 1.29 is 13.2 Å². The topological polar surface area (TPSA) is 66.5 Å². The fourth-order valence-electron chi connectivity index (χ4n) is 3.04. The van der Waals surface area contributed by atoms with Crippen LogP contribution in [-0.4, -0.2) is 37.5 Å². The number of hydrogen-bond acceptors (Lipinski definition) is 3. The number of nitrogens with one attached hydrogen (secondary N) is 1. The quantitative estimate of drug-likeness (QED) is 0.885. The summed E-state index contributed by atoms with van der Waals surface area (Å²) in [5.74, 6) is -0.244. The van der Waals surface area contributed by atoms with Crippen LogP contribution in [0.2, 0.25) is 0 Å². The molecule has 0 radical (unpaired) electrons. The molecule has 1 aromatic rings. The maximum Gasteiger partial charge on any atom is 0.224 e. The van der Waals surface area contributed by atoms with Gasteiger partial charge in [-0.3, -0.25) is 4.79 Å². The third-order valence-electron chi connectivity index (χ3n) is 4.90. The highest BCUT2D eigenvalue weighted by atomic mass is 32.2. The van der Waals surface area contributed by atoms with Crippen molar-refractivity contribution in [2.45, 2.75) is 46.6 Å². The number of sulfonamides is 1. The Bertz CT molecular complexity index is 700. The molecule has 2 rings (SSSR count). The van der Waals surface area contributed by atoms with Crippen LogP contribution in [0.4, 0.5) is 0 Å². The number of aryl methyl sites for hydroxylation is 2. The Morgan fingerprint density at radius 1 is 1.33 bits per heavy atom. The molecule has 1 saturated heterocycles. The molecule has 0 saturated carbocycles. The fourth-order valence-corrected chi connectivity index (χ4v) is 4.22. The Hall–Kier alpha value is -1.40. The number of benzene rings is 1. The molecule has 0 unspecified atom stereocenters. The zero-order valence-corrected chi connectivity index (χ0v) is 15.8. The molecule has 0 aromatic heterocycles. The van der Waals surface area contributed by atoms with Crippen LogP contribution in [0.1, 0.15) is 49.4 Å². The van der Waals surface area contributed by atoms with Crippen LogP contribution in [0.25, 0.3) is 0 Å². The van der Waals surface area contributed by atoms with Crippen molar-refractivity contribution in [3.8, 4) is 0 Å². The lowest BCUT2D eigenvalue weighted by molar-refractivity contribution is -0.126. The maximum absolute atomic E-state index is 12.6. The van der Waals surface area contributed by atoms with E-state index in [0.717, 1.165) is 18.4 Å². The molecule has 2 atom stereocenters. The molecule has 1 N–H and O–H groups in total. The van der Waals surface area contributed by atoms with Crippen LogP contribution in [-0.2, 0) is 14.8 Å². The Balaban J connectivity index is 2.02. The second-order valence-corrected chi connectivity index (χ2v) is 8.93. The smallest absolute Gasteiger partial charge is 0.224 e. The molecule has 0 spiro atoms. The molecule has 1 amide bonds. The van der Waals surface area contributed by atoms with E-state index < -0.39 is 10.0 Å². The zero-order chi connectivity index (χ0) is 17.9. The first-order valence-corrected chi connectivity index (χ1v) is 10.2. The monoisotopic (exact) mass is 352 g/mol. The van der Waals surface area contributed by atoms with Gasteiger partial charge in [-0.2, -0.15) is 0 Å². The van der Waals surface area contributed by atoms with Crippen LogP contribution in [0.5, 0.6) is 0 Å². The maximum atomic E-state index is 12.6. The van der Waals surface area contributed by atoms with Crippen molar-refractivity contribution in [3.63, 3.8) is 0 Å². The van der Waals surface area contributed by atoms with Crippen LogP contribution in [0.15, 0.2) is 18.2 Å². The van der Waals surface area contributed by atoms with Gasteiger partial charge >= 0.3 is 0 Å². The standard InChI is InChI=1S/C18H28N2O3S/c1-5-24(22,23)20-10-6-7-17(12-20)18(21)19-15(4)16-9-8-13(2)14(3)11-16/h8-9,11,15,17H,5-7,10,12H2,1-4H3,(H,19,21)/t15-,17+/m0/s1. The lowest BCUT2D eigenvalue weighted by Gasteiger charge is -2.31. The fraction of sp³-hybridized carbons (Fsp3) is 0.611. The van der Waals surface area contributed by atoms with Gasteiger partial charge in [0.1, 0.15) is 0 Å². The predicted molar refractivity (Wildman–Crippen MR) is 96.2 cm³/mol. The molecule has 134 valence electrons. The number of rotatable bonds is 5. The molecule has 24 heavy (non-hydrogen) atoms. The lowest BCUT2D eigenvalue weighted by atomic mass is 9.97. The number of piperidine rings is 1. The molecule has 6 heteroatoms. The van der Waals surface area contributed by atoms with E-state index in [1.807, 2.05) is 13.0 Å². The van der Waals surface area contributed by atoms with Gasteiger partial charge in [-0.05, 0) is 57.2 Å². The molecular weight excluding hydrogens is 324 g/mol. The zero-order valence-electron chi connectivity index (χ0n) is 15.0. The summed E-state index contributed by atoms with van der Waals surface area (Å²) in [5, 5.41) is 3.04. The van der Waals surface area contributed by atoms with Crippen molar-refractivity contribution in [2.24, 2.45) is 5.92 Å². The number of carbonyl (C=O) groups is 1. The minimum atomic E-state index is -3.23. The van der Waals surface area contributed by atoms with Crippen LogP contribution in [0, 0.1) is 19.8 Å². The van der Waals surface area contributed by atoms with Gasteiger partial charge in [0.05, 0.1) is 17.7 Å². The Morgan fingerprint density at radius 2 is 2.04 bits per heavy atom. The number of hydrogen-bond donors (Lipinski definition) is 1. The highest BCUT2D eigenvalue weighted by Gasteiger charge is 2.31. The predicted octanol–water partition coefficient (Wildman–Crippen LogP) is 2.54. The minimum absolute atomic E-state index is 0.0586. The number of amides is 1. The average Bonchev–Trinajstić information content (AvgIpc) is 2.57. The van der Waals surface area contributed by atoms with Crippen LogP contribution in [0.3, 0.4) is 0 Å². The van der Waals surface area contributed by atoms with Crippen molar-refractivity contribution in [3.05, 3.63) is 34.9 Å². The lowest BCUT2D eigenvalue weighted by Crippen LogP contribution is -2.46. The molecule has 0 bridgehead atoms. The van der Waals surface area contributed by atoms with Gasteiger partial charge in [0.25, 0.3) is 0 Å². The molecule has 5 nitrogen and oxygen atoms in total. The molecule has 1 fully saturated rings. The summed E-state index contributed by atoms with van der Waals surface area (Å²) in [6, 6.07) is 6.09. The van der Waals surface area contributed by atoms with E-state index in [1.165, 1.54) is 15.4 Å². The highest BCUT2D eigenvalue weighted by molar-refractivity contribution is 7.89. The molecule has 1 heterocycles. The van der Waals surface area contributed by atoms with Crippen LogP contribution < -0.4 is 5.32 Å². The summed E-state index contributed by atoms with van der Waals surface area (Å²) >= 11 is 0. The van der Waals surface area contributed by atoms with Gasteiger partial charge in [0.2, 0.25) is 15.9 Å².